The number of benzene rings is 2. The molecular formula is C26H26N4O3S. The van der Waals surface area contributed by atoms with Crippen LogP contribution < -0.4 is 4.90 Å². The Morgan fingerprint density at radius 3 is 2.41 bits per heavy atom. The minimum Gasteiger partial charge on any atom is -0.368 e. The van der Waals surface area contributed by atoms with Crippen LogP contribution in [-0.2, 0) is 16.1 Å². The monoisotopic (exact) mass is 474 g/mol. The summed E-state index contributed by atoms with van der Waals surface area (Å²) < 4.78 is 2.12. The number of imide groups is 1. The van der Waals surface area contributed by atoms with Crippen LogP contribution in [0.3, 0.4) is 0 Å². The molecule has 3 aromatic rings. The first-order chi connectivity index (χ1) is 16.5. The van der Waals surface area contributed by atoms with Gasteiger partial charge in [-0.3, -0.25) is 19.3 Å². The molecule has 2 saturated heterocycles. The van der Waals surface area contributed by atoms with Crippen molar-refractivity contribution < 1.29 is 14.4 Å². The topological polar surface area (TPSA) is 65.9 Å². The van der Waals surface area contributed by atoms with Crippen LogP contribution in [0.1, 0.15) is 12.5 Å². The Balaban J connectivity index is 1.26. The standard InChI is InChI=1S/C26H26N4O3S/c1-2-27-17-19(21-10-6-7-11-22(21)27)16-23-25(32)30(26(33)34-23)18-24(31)29-14-12-28(13-15-29)20-8-4-3-5-9-20/h3-11,16-17H,2,12-15,18H2,1H3/b23-16-. The largest absolute Gasteiger partial charge is 0.368 e. The van der Waals surface area contributed by atoms with Crippen LogP contribution in [0.15, 0.2) is 65.7 Å². The van der Waals surface area contributed by atoms with Crippen LogP contribution >= 0.6 is 11.8 Å². The number of fused-ring (bicyclic) bond motifs is 1. The van der Waals surface area contributed by atoms with Crippen LogP contribution in [-0.4, -0.2) is 64.1 Å². The smallest absolute Gasteiger partial charge is 0.294 e. The Morgan fingerprint density at radius 2 is 1.68 bits per heavy atom. The van der Waals surface area contributed by atoms with E-state index >= 15 is 0 Å². The van der Waals surface area contributed by atoms with Gasteiger partial charge in [-0.15, -0.1) is 0 Å². The highest BCUT2D eigenvalue weighted by atomic mass is 32.2. The second-order valence-electron chi connectivity index (χ2n) is 8.36. The molecule has 0 bridgehead atoms. The summed E-state index contributed by atoms with van der Waals surface area (Å²) >= 11 is 0.899. The number of hydrogen-bond acceptors (Lipinski definition) is 5. The number of rotatable bonds is 5. The van der Waals surface area contributed by atoms with Crippen molar-refractivity contribution in [1.82, 2.24) is 14.4 Å². The summed E-state index contributed by atoms with van der Waals surface area (Å²) in [6.07, 6.45) is 3.76. The van der Waals surface area contributed by atoms with E-state index in [0.717, 1.165) is 58.4 Å². The van der Waals surface area contributed by atoms with E-state index in [0.29, 0.717) is 18.0 Å². The van der Waals surface area contributed by atoms with Gasteiger partial charge in [-0.1, -0.05) is 36.4 Å². The van der Waals surface area contributed by atoms with Gasteiger partial charge in [-0.25, -0.2) is 0 Å². The number of carbonyl (C=O) groups excluding carboxylic acids is 3. The van der Waals surface area contributed by atoms with Crippen molar-refractivity contribution in [2.24, 2.45) is 0 Å². The lowest BCUT2D eigenvalue weighted by Crippen LogP contribution is -2.51. The molecule has 0 spiro atoms. The number of hydrogen-bond donors (Lipinski definition) is 0. The van der Waals surface area contributed by atoms with Gasteiger partial charge in [0, 0.05) is 61.1 Å². The summed E-state index contributed by atoms with van der Waals surface area (Å²) in [7, 11) is 0. The molecule has 2 aliphatic rings. The molecule has 1 aromatic heterocycles. The summed E-state index contributed by atoms with van der Waals surface area (Å²) in [6, 6.07) is 18.1. The fourth-order valence-electron chi connectivity index (χ4n) is 4.52. The van der Waals surface area contributed by atoms with Crippen molar-refractivity contribution in [3.05, 3.63) is 71.3 Å². The van der Waals surface area contributed by atoms with Crippen molar-refractivity contribution in [2.75, 3.05) is 37.6 Å². The maximum absolute atomic E-state index is 13.0. The van der Waals surface area contributed by atoms with E-state index in [1.165, 1.54) is 0 Å². The Hall–Kier alpha value is -3.52. The average molecular weight is 475 g/mol. The van der Waals surface area contributed by atoms with Gasteiger partial charge in [0.05, 0.1) is 4.91 Å². The van der Waals surface area contributed by atoms with Crippen molar-refractivity contribution >= 4 is 51.5 Å². The molecule has 3 heterocycles. The predicted octanol–water partition coefficient (Wildman–Crippen LogP) is 4.05. The number of nitrogens with zero attached hydrogens (tertiary/aromatic N) is 4. The Kier molecular flexibility index (Phi) is 6.15. The van der Waals surface area contributed by atoms with Crippen molar-refractivity contribution in [3.63, 3.8) is 0 Å². The molecule has 0 aliphatic carbocycles. The number of amides is 3. The van der Waals surface area contributed by atoms with Gasteiger partial charge < -0.3 is 14.4 Å². The minimum atomic E-state index is -0.403. The third-order valence-electron chi connectivity index (χ3n) is 6.37. The molecule has 2 aliphatic heterocycles. The van der Waals surface area contributed by atoms with E-state index in [1.54, 1.807) is 11.0 Å². The molecule has 0 atom stereocenters. The molecule has 2 aromatic carbocycles. The molecule has 5 rings (SSSR count). The third kappa shape index (κ3) is 4.21. The first-order valence-electron chi connectivity index (χ1n) is 11.5. The summed E-state index contributed by atoms with van der Waals surface area (Å²) in [4.78, 5) is 43.9. The molecule has 2 fully saturated rings. The quantitative estimate of drug-likeness (QED) is 0.522. The maximum atomic E-state index is 13.0. The van der Waals surface area contributed by atoms with E-state index in [4.69, 9.17) is 0 Å². The molecule has 0 unspecified atom stereocenters. The Labute approximate surface area is 202 Å². The van der Waals surface area contributed by atoms with E-state index < -0.39 is 11.1 Å². The molecule has 3 amide bonds. The zero-order valence-corrected chi connectivity index (χ0v) is 19.8. The molecule has 7 nitrogen and oxygen atoms in total. The molecule has 0 N–H and O–H groups in total. The lowest BCUT2D eigenvalue weighted by atomic mass is 10.1. The first kappa shape index (κ1) is 22.3. The molecule has 0 saturated carbocycles. The third-order valence-corrected chi connectivity index (χ3v) is 7.27. The zero-order chi connectivity index (χ0) is 23.7. The van der Waals surface area contributed by atoms with Crippen LogP contribution in [0.25, 0.3) is 17.0 Å². The average Bonchev–Trinajstić information content (AvgIpc) is 3.36. The number of thioether (sulfide) groups is 1. The first-order valence-corrected chi connectivity index (χ1v) is 12.3. The molecule has 0 radical (unpaired) electrons. The normalized spacial score (nSPS) is 17.9. The van der Waals surface area contributed by atoms with E-state index in [2.05, 4.69) is 28.5 Å². The number of para-hydroxylation sites is 2. The lowest BCUT2D eigenvalue weighted by molar-refractivity contribution is -0.136. The van der Waals surface area contributed by atoms with Gasteiger partial charge in [-0.2, -0.15) is 0 Å². The predicted molar refractivity (Wildman–Crippen MR) is 136 cm³/mol. The van der Waals surface area contributed by atoms with Crippen LogP contribution in [0.4, 0.5) is 10.5 Å². The van der Waals surface area contributed by atoms with Gasteiger partial charge in [0.2, 0.25) is 5.91 Å². The highest BCUT2D eigenvalue weighted by molar-refractivity contribution is 8.18. The van der Waals surface area contributed by atoms with Crippen LogP contribution in [0, 0.1) is 0 Å². The molecule has 174 valence electrons. The van der Waals surface area contributed by atoms with E-state index in [-0.39, 0.29) is 12.5 Å². The maximum Gasteiger partial charge on any atom is 0.294 e. The second-order valence-corrected chi connectivity index (χ2v) is 9.35. The van der Waals surface area contributed by atoms with Gasteiger partial charge in [-0.05, 0) is 43.0 Å². The number of carbonyl (C=O) groups is 3. The number of anilines is 1. The highest BCUT2D eigenvalue weighted by Crippen LogP contribution is 2.34. The van der Waals surface area contributed by atoms with Crippen molar-refractivity contribution in [3.8, 4) is 0 Å². The minimum absolute atomic E-state index is 0.196. The SMILES string of the molecule is CCn1cc(/C=C2\SC(=O)N(CC(=O)N3CCN(c4ccccc4)CC3)C2=O)c2ccccc21. The second kappa shape index (κ2) is 9.38. The van der Waals surface area contributed by atoms with Gasteiger partial charge in [0.1, 0.15) is 6.54 Å². The molecular weight excluding hydrogens is 448 g/mol. The summed E-state index contributed by atoms with van der Waals surface area (Å²) in [5.74, 6) is -0.599. The van der Waals surface area contributed by atoms with Crippen LogP contribution in [0.2, 0.25) is 0 Å². The fraction of sp³-hybridized carbons (Fsp3) is 0.269. The van der Waals surface area contributed by atoms with Crippen molar-refractivity contribution in [1.29, 1.82) is 0 Å². The van der Waals surface area contributed by atoms with Crippen LogP contribution in [0.5, 0.6) is 0 Å². The molecule has 8 heteroatoms. The molecule has 34 heavy (non-hydrogen) atoms. The Bertz CT molecular complexity index is 1280. The lowest BCUT2D eigenvalue weighted by Gasteiger charge is -2.36. The van der Waals surface area contributed by atoms with Crippen molar-refractivity contribution in [2.45, 2.75) is 13.5 Å². The summed E-state index contributed by atoms with van der Waals surface area (Å²) in [5.41, 5.74) is 3.11. The van der Waals surface area contributed by atoms with E-state index in [1.807, 2.05) is 48.7 Å². The Morgan fingerprint density at radius 1 is 0.971 bits per heavy atom. The number of aryl methyl sites for hydroxylation is 1. The number of piperazine rings is 1. The summed E-state index contributed by atoms with van der Waals surface area (Å²) in [5, 5.41) is 0.635. The zero-order valence-electron chi connectivity index (χ0n) is 19.0. The fourth-order valence-corrected chi connectivity index (χ4v) is 5.35. The van der Waals surface area contributed by atoms with Gasteiger partial charge in [0.15, 0.2) is 0 Å². The number of aromatic nitrogens is 1. The summed E-state index contributed by atoms with van der Waals surface area (Å²) in [6.45, 7) is 5.23. The highest BCUT2D eigenvalue weighted by Gasteiger charge is 2.37. The van der Waals surface area contributed by atoms with E-state index in [9.17, 15) is 14.4 Å². The van der Waals surface area contributed by atoms with Gasteiger partial charge in [0.25, 0.3) is 11.1 Å². The van der Waals surface area contributed by atoms with Gasteiger partial charge >= 0.3 is 0 Å².